The molecule has 0 saturated carbocycles. The molecular formula is C28H26ClNO4. The number of aliphatic hydroxyl groups is 1. The number of aliphatic hydroxyl groups excluding tert-OH is 1. The van der Waals surface area contributed by atoms with Crippen molar-refractivity contribution in [1.29, 1.82) is 0 Å². The highest BCUT2D eigenvalue weighted by Gasteiger charge is 2.47. The van der Waals surface area contributed by atoms with Crippen LogP contribution in [0, 0.1) is 0 Å². The number of anilines is 1. The highest BCUT2D eigenvalue weighted by molar-refractivity contribution is 6.51. The number of para-hydroxylation sites is 1. The number of amides is 1. The molecule has 1 amide bonds. The van der Waals surface area contributed by atoms with E-state index in [1.165, 1.54) is 12.0 Å². The first-order valence-corrected chi connectivity index (χ1v) is 11.3. The zero-order valence-electron chi connectivity index (χ0n) is 19.5. The summed E-state index contributed by atoms with van der Waals surface area (Å²) in [5.74, 6) is -1.34. The number of hydrogen-bond acceptors (Lipinski definition) is 4. The van der Waals surface area contributed by atoms with Crippen LogP contribution in [0.1, 0.15) is 43.5 Å². The predicted octanol–water partition coefficient (Wildman–Crippen LogP) is 6.27. The van der Waals surface area contributed by atoms with Crippen LogP contribution in [-0.4, -0.2) is 23.9 Å². The normalized spacial score (nSPS) is 17.8. The molecule has 3 aromatic rings. The summed E-state index contributed by atoms with van der Waals surface area (Å²) >= 11 is 6.10. The Morgan fingerprint density at radius 3 is 2.21 bits per heavy atom. The van der Waals surface area contributed by atoms with Crippen molar-refractivity contribution in [1.82, 2.24) is 0 Å². The van der Waals surface area contributed by atoms with Crippen molar-refractivity contribution in [2.24, 2.45) is 0 Å². The summed E-state index contributed by atoms with van der Waals surface area (Å²) in [5, 5.41) is 12.1. The maximum Gasteiger partial charge on any atom is 0.300 e. The maximum atomic E-state index is 13.4. The number of nitrogens with zero attached hydrogens (tertiary/aromatic N) is 1. The van der Waals surface area contributed by atoms with E-state index in [4.69, 9.17) is 16.3 Å². The van der Waals surface area contributed by atoms with Crippen molar-refractivity contribution in [3.8, 4) is 5.75 Å². The van der Waals surface area contributed by atoms with E-state index in [9.17, 15) is 14.7 Å². The Bertz CT molecular complexity index is 1270. The molecule has 0 spiro atoms. The van der Waals surface area contributed by atoms with E-state index in [-0.39, 0.29) is 16.7 Å². The molecule has 1 aliphatic heterocycles. The van der Waals surface area contributed by atoms with E-state index >= 15 is 0 Å². The van der Waals surface area contributed by atoms with Gasteiger partial charge in [0.25, 0.3) is 11.7 Å². The second-order valence-corrected chi connectivity index (χ2v) is 9.66. The lowest BCUT2D eigenvalue weighted by Gasteiger charge is -2.26. The first-order chi connectivity index (χ1) is 16.1. The van der Waals surface area contributed by atoms with Gasteiger partial charge in [-0.05, 0) is 52.9 Å². The minimum atomic E-state index is -0.831. The Kier molecular flexibility index (Phi) is 6.24. The van der Waals surface area contributed by atoms with E-state index in [2.05, 4.69) is 20.8 Å². The van der Waals surface area contributed by atoms with Crippen molar-refractivity contribution < 1.29 is 19.4 Å². The van der Waals surface area contributed by atoms with Gasteiger partial charge in [-0.1, -0.05) is 68.8 Å². The lowest BCUT2D eigenvalue weighted by Crippen LogP contribution is -2.29. The van der Waals surface area contributed by atoms with Gasteiger partial charge in [0.2, 0.25) is 0 Å². The van der Waals surface area contributed by atoms with Gasteiger partial charge in [0, 0.05) is 10.7 Å². The number of ketones is 1. The number of halogens is 1. The van der Waals surface area contributed by atoms with Gasteiger partial charge in [-0.25, -0.2) is 0 Å². The Hall–Kier alpha value is -3.57. The van der Waals surface area contributed by atoms with Gasteiger partial charge in [0.1, 0.15) is 11.5 Å². The zero-order chi connectivity index (χ0) is 24.6. The van der Waals surface area contributed by atoms with Gasteiger partial charge in [0.15, 0.2) is 0 Å². The van der Waals surface area contributed by atoms with Gasteiger partial charge in [-0.2, -0.15) is 0 Å². The minimum absolute atomic E-state index is 0.000495. The molecule has 1 N–H and O–H groups in total. The summed E-state index contributed by atoms with van der Waals surface area (Å²) in [6.07, 6.45) is 0. The second-order valence-electron chi connectivity index (χ2n) is 9.22. The van der Waals surface area contributed by atoms with Crippen LogP contribution < -0.4 is 9.64 Å². The Labute approximate surface area is 204 Å². The van der Waals surface area contributed by atoms with Crippen molar-refractivity contribution in [2.75, 3.05) is 12.0 Å². The smallest absolute Gasteiger partial charge is 0.300 e. The van der Waals surface area contributed by atoms with Crippen LogP contribution in [0.5, 0.6) is 5.75 Å². The molecule has 3 aromatic carbocycles. The summed E-state index contributed by atoms with van der Waals surface area (Å²) in [6, 6.07) is 20.5. The minimum Gasteiger partial charge on any atom is -0.507 e. The largest absolute Gasteiger partial charge is 0.507 e. The second kappa shape index (κ2) is 8.99. The van der Waals surface area contributed by atoms with Crippen LogP contribution >= 0.6 is 11.6 Å². The molecule has 0 aliphatic carbocycles. The van der Waals surface area contributed by atoms with E-state index in [1.54, 1.807) is 54.6 Å². The molecule has 0 aromatic heterocycles. The molecular weight excluding hydrogens is 450 g/mol. The predicted molar refractivity (Wildman–Crippen MR) is 134 cm³/mol. The third kappa shape index (κ3) is 4.19. The molecule has 1 unspecified atom stereocenters. The number of rotatable bonds is 4. The fourth-order valence-electron chi connectivity index (χ4n) is 4.15. The number of methoxy groups -OCH3 is 1. The zero-order valence-corrected chi connectivity index (χ0v) is 20.3. The number of carbonyl (C=O) groups is 2. The summed E-state index contributed by atoms with van der Waals surface area (Å²) in [5.41, 5.74) is 2.32. The number of carbonyl (C=O) groups excluding carboxylic acids is 2. The van der Waals surface area contributed by atoms with E-state index < -0.39 is 17.7 Å². The van der Waals surface area contributed by atoms with Gasteiger partial charge in [0.05, 0.1) is 24.3 Å². The van der Waals surface area contributed by atoms with E-state index in [0.717, 1.165) is 5.56 Å². The SMILES string of the molecule is COc1ccc(C(C)(C)C)cc1/C(O)=C1\C(=O)C(=O)N(c2ccccc2)C1c1ccc(Cl)cc1. The highest BCUT2D eigenvalue weighted by atomic mass is 35.5. The van der Waals surface area contributed by atoms with Crippen LogP contribution in [-0.2, 0) is 15.0 Å². The number of ether oxygens (including phenoxy) is 1. The van der Waals surface area contributed by atoms with Gasteiger partial charge < -0.3 is 9.84 Å². The van der Waals surface area contributed by atoms with Crippen LogP contribution in [0.25, 0.3) is 5.76 Å². The third-order valence-corrected chi connectivity index (χ3v) is 6.24. The molecule has 1 fully saturated rings. The molecule has 1 heterocycles. The monoisotopic (exact) mass is 475 g/mol. The summed E-state index contributed by atoms with van der Waals surface area (Å²) in [4.78, 5) is 28.0. The lowest BCUT2D eigenvalue weighted by molar-refractivity contribution is -0.132. The number of benzene rings is 3. The molecule has 0 radical (unpaired) electrons. The topological polar surface area (TPSA) is 66.8 Å². The summed E-state index contributed by atoms with van der Waals surface area (Å²) < 4.78 is 5.50. The fraction of sp³-hybridized carbons (Fsp3) is 0.214. The molecule has 0 bridgehead atoms. The van der Waals surface area contributed by atoms with Crippen LogP contribution in [0.3, 0.4) is 0 Å². The molecule has 174 valence electrons. The molecule has 6 heteroatoms. The van der Waals surface area contributed by atoms with Gasteiger partial charge in [-0.15, -0.1) is 0 Å². The summed E-state index contributed by atoms with van der Waals surface area (Å²) in [6.45, 7) is 6.17. The van der Waals surface area contributed by atoms with E-state index in [1.807, 2.05) is 18.2 Å². The Morgan fingerprint density at radius 2 is 1.62 bits per heavy atom. The van der Waals surface area contributed by atoms with Crippen molar-refractivity contribution in [2.45, 2.75) is 32.2 Å². The van der Waals surface area contributed by atoms with Crippen molar-refractivity contribution in [3.63, 3.8) is 0 Å². The standard InChI is InChI=1S/C28H26ClNO4/c1-28(2,3)18-12-15-22(34-4)21(16-18)25(31)23-24(17-10-13-19(29)14-11-17)30(27(33)26(23)32)20-8-6-5-7-9-20/h5-16,24,31H,1-4H3/b25-23+. The Balaban J connectivity index is 1.99. The maximum absolute atomic E-state index is 13.4. The Morgan fingerprint density at radius 1 is 0.971 bits per heavy atom. The van der Waals surface area contributed by atoms with E-state index in [0.29, 0.717) is 27.6 Å². The molecule has 4 rings (SSSR count). The number of hydrogen-bond donors (Lipinski definition) is 1. The quantitative estimate of drug-likeness (QED) is 0.274. The van der Waals surface area contributed by atoms with Crippen LogP contribution in [0.15, 0.2) is 78.4 Å². The van der Waals surface area contributed by atoms with Crippen LogP contribution in [0.4, 0.5) is 5.69 Å². The van der Waals surface area contributed by atoms with Gasteiger partial charge in [-0.3, -0.25) is 14.5 Å². The van der Waals surface area contributed by atoms with Crippen LogP contribution in [0.2, 0.25) is 5.02 Å². The molecule has 5 nitrogen and oxygen atoms in total. The first kappa shape index (κ1) is 23.6. The van der Waals surface area contributed by atoms with Gasteiger partial charge >= 0.3 is 0 Å². The van der Waals surface area contributed by atoms with Crippen molar-refractivity contribution >= 4 is 34.7 Å². The average Bonchev–Trinajstić information content (AvgIpc) is 3.09. The molecule has 1 aliphatic rings. The molecule has 1 atom stereocenters. The summed E-state index contributed by atoms with van der Waals surface area (Å²) in [7, 11) is 1.50. The van der Waals surface area contributed by atoms with Crippen molar-refractivity contribution in [3.05, 3.63) is 100 Å². The third-order valence-electron chi connectivity index (χ3n) is 5.99. The fourth-order valence-corrected chi connectivity index (χ4v) is 4.28. The highest BCUT2D eigenvalue weighted by Crippen LogP contribution is 2.44. The number of Topliss-reactive ketones (excluding diaryl/α,β-unsaturated/α-hetero) is 1. The first-order valence-electron chi connectivity index (χ1n) is 10.9. The molecule has 34 heavy (non-hydrogen) atoms. The molecule has 1 saturated heterocycles. The average molecular weight is 476 g/mol. The lowest BCUT2D eigenvalue weighted by atomic mass is 9.85.